The molecule has 1 fully saturated rings. The van der Waals surface area contributed by atoms with E-state index in [2.05, 4.69) is 31.1 Å². The van der Waals surface area contributed by atoms with E-state index < -0.39 is 11.2 Å². The van der Waals surface area contributed by atoms with Gasteiger partial charge in [-0.1, -0.05) is 13.8 Å². The highest BCUT2D eigenvalue weighted by Gasteiger charge is 2.32. The van der Waals surface area contributed by atoms with Crippen LogP contribution in [0.15, 0.2) is 4.90 Å². The number of hydrogen-bond donors (Lipinski definition) is 1. The lowest BCUT2D eigenvalue weighted by Crippen LogP contribution is -2.26. The first-order valence-corrected chi connectivity index (χ1v) is 10.7. The van der Waals surface area contributed by atoms with Gasteiger partial charge in [0.15, 0.2) is 5.82 Å². The zero-order valence-corrected chi connectivity index (χ0v) is 16.4. The van der Waals surface area contributed by atoms with Gasteiger partial charge in [0.1, 0.15) is 11.4 Å². The number of ether oxygens (including phenoxy) is 1. The monoisotopic (exact) mass is 366 g/mol. The molecule has 1 unspecified atom stereocenters. The van der Waals surface area contributed by atoms with Crippen LogP contribution in [0.25, 0.3) is 0 Å². The van der Waals surface area contributed by atoms with E-state index in [0.717, 1.165) is 80.3 Å². The average Bonchev–Trinajstić information content (AvgIpc) is 2.99. The Hall–Kier alpha value is -1.05. The molecule has 1 N–H and O–H groups in total. The summed E-state index contributed by atoms with van der Waals surface area (Å²) in [6, 6.07) is 0. The Morgan fingerprint density at radius 2 is 2.08 bits per heavy atom. The lowest BCUT2D eigenvalue weighted by atomic mass is 9.96. The lowest BCUT2D eigenvalue weighted by molar-refractivity contribution is 0.0645. The van der Waals surface area contributed by atoms with Gasteiger partial charge in [-0.2, -0.15) is 4.98 Å². The molecule has 1 aromatic rings. The molecule has 1 saturated heterocycles. The van der Waals surface area contributed by atoms with E-state index >= 15 is 0 Å². The van der Waals surface area contributed by atoms with Crippen LogP contribution in [0.2, 0.25) is 0 Å². The summed E-state index contributed by atoms with van der Waals surface area (Å²) in [5.41, 5.74) is 0.951. The van der Waals surface area contributed by atoms with Crippen molar-refractivity contribution in [3.8, 4) is 0 Å². The van der Waals surface area contributed by atoms with Gasteiger partial charge in [0.25, 0.3) is 0 Å². The van der Waals surface area contributed by atoms with Gasteiger partial charge < -0.3 is 19.5 Å². The standard InChI is InChI=1S/C18H30N4O2S/c1-13(2)12-19-17-16-15(7-11-25(16)23)20-18(21-17)22(3)8-4-14-5-9-24-10-6-14/h13-14H,4-12H2,1-3H3,(H,19,20,21). The van der Waals surface area contributed by atoms with Crippen LogP contribution in [-0.4, -0.2) is 53.6 Å². The molecule has 2 aliphatic rings. The van der Waals surface area contributed by atoms with Crippen LogP contribution >= 0.6 is 0 Å². The molecule has 6 nitrogen and oxygen atoms in total. The number of nitrogens with one attached hydrogen (secondary N) is 1. The fraction of sp³-hybridized carbons (Fsp3) is 0.778. The average molecular weight is 367 g/mol. The Morgan fingerprint density at radius 3 is 2.80 bits per heavy atom. The predicted octanol–water partition coefficient (Wildman–Crippen LogP) is 2.46. The van der Waals surface area contributed by atoms with Gasteiger partial charge in [-0.3, -0.25) is 0 Å². The van der Waals surface area contributed by atoms with Crippen LogP contribution in [-0.2, 0) is 22.3 Å². The summed E-state index contributed by atoms with van der Waals surface area (Å²) < 4.78 is 17.7. The zero-order chi connectivity index (χ0) is 17.8. The molecular weight excluding hydrogens is 336 g/mol. The summed E-state index contributed by atoms with van der Waals surface area (Å²) >= 11 is -0.973. The van der Waals surface area contributed by atoms with E-state index in [0.29, 0.717) is 11.7 Å². The Morgan fingerprint density at radius 1 is 1.32 bits per heavy atom. The number of fused-ring (bicyclic) bond motifs is 1. The van der Waals surface area contributed by atoms with Crippen LogP contribution in [0.4, 0.5) is 11.8 Å². The highest BCUT2D eigenvalue weighted by Crippen LogP contribution is 2.32. The maximum Gasteiger partial charge on any atom is 0.227 e. The van der Waals surface area contributed by atoms with Gasteiger partial charge in [-0.05, 0) is 42.3 Å². The number of rotatable bonds is 7. The van der Waals surface area contributed by atoms with Crippen molar-refractivity contribution < 1.29 is 9.29 Å². The molecule has 3 rings (SSSR count). The zero-order valence-electron chi connectivity index (χ0n) is 15.6. The van der Waals surface area contributed by atoms with Crippen molar-refractivity contribution in [2.75, 3.05) is 49.3 Å². The van der Waals surface area contributed by atoms with E-state index in [1.165, 1.54) is 0 Å². The third kappa shape index (κ3) is 4.77. The number of aromatic nitrogens is 2. The topological polar surface area (TPSA) is 73.3 Å². The Labute approximate surface area is 153 Å². The fourth-order valence-corrected chi connectivity index (χ4v) is 4.61. The normalized spacial score (nSPS) is 20.8. The van der Waals surface area contributed by atoms with E-state index in [9.17, 15) is 4.55 Å². The van der Waals surface area contributed by atoms with Crippen molar-refractivity contribution in [3.05, 3.63) is 5.69 Å². The second kappa shape index (κ2) is 8.56. The summed E-state index contributed by atoms with van der Waals surface area (Å²) in [6.07, 6.45) is 4.22. The third-order valence-electron chi connectivity index (χ3n) is 4.91. The molecule has 0 spiro atoms. The summed E-state index contributed by atoms with van der Waals surface area (Å²) in [4.78, 5) is 12.4. The second-order valence-corrected chi connectivity index (χ2v) is 9.00. The quantitative estimate of drug-likeness (QED) is 0.747. The maximum atomic E-state index is 12.3. The van der Waals surface area contributed by atoms with Crippen LogP contribution in [0.3, 0.4) is 0 Å². The molecular formula is C18H30N4O2S. The Bertz CT molecular complexity index is 578. The van der Waals surface area contributed by atoms with Gasteiger partial charge >= 0.3 is 0 Å². The molecule has 25 heavy (non-hydrogen) atoms. The van der Waals surface area contributed by atoms with Crippen LogP contribution in [0, 0.1) is 11.8 Å². The molecule has 1 atom stereocenters. The van der Waals surface area contributed by atoms with Crippen molar-refractivity contribution in [3.63, 3.8) is 0 Å². The first-order chi connectivity index (χ1) is 12.0. The van der Waals surface area contributed by atoms with Crippen LogP contribution in [0.5, 0.6) is 0 Å². The van der Waals surface area contributed by atoms with Gasteiger partial charge in [-0.15, -0.1) is 0 Å². The fourth-order valence-electron chi connectivity index (χ4n) is 3.29. The van der Waals surface area contributed by atoms with Gasteiger partial charge in [-0.25, -0.2) is 4.98 Å². The minimum Gasteiger partial charge on any atom is -0.611 e. The Balaban J connectivity index is 1.70. The molecule has 7 heteroatoms. The maximum absolute atomic E-state index is 12.3. The van der Waals surface area contributed by atoms with Gasteiger partial charge in [0.05, 0.1) is 0 Å². The first kappa shape index (κ1) is 18.7. The highest BCUT2D eigenvalue weighted by atomic mass is 32.2. The van der Waals surface area contributed by atoms with E-state index in [1.54, 1.807) is 0 Å². The first-order valence-electron chi connectivity index (χ1n) is 9.36. The minimum atomic E-state index is -0.973. The summed E-state index contributed by atoms with van der Waals surface area (Å²) in [6.45, 7) is 7.86. The molecule has 0 aliphatic carbocycles. The predicted molar refractivity (Wildman–Crippen MR) is 102 cm³/mol. The highest BCUT2D eigenvalue weighted by molar-refractivity contribution is 7.91. The molecule has 0 bridgehead atoms. The molecule has 3 heterocycles. The van der Waals surface area contributed by atoms with Gasteiger partial charge in [0, 0.05) is 39.8 Å². The molecule has 140 valence electrons. The van der Waals surface area contributed by atoms with Gasteiger partial charge in [0.2, 0.25) is 10.8 Å². The summed E-state index contributed by atoms with van der Waals surface area (Å²) in [5, 5.41) is 3.39. The number of aryl methyl sites for hydroxylation is 1. The molecule has 0 saturated carbocycles. The van der Waals surface area contributed by atoms with E-state index in [4.69, 9.17) is 14.7 Å². The smallest absolute Gasteiger partial charge is 0.227 e. The third-order valence-corrected chi connectivity index (χ3v) is 6.37. The number of anilines is 2. The van der Waals surface area contributed by atoms with Crippen molar-refractivity contribution in [1.82, 2.24) is 9.97 Å². The molecule has 0 radical (unpaired) electrons. The SMILES string of the molecule is CC(C)CNc1nc(N(C)CCC2CCOCC2)nc2c1[S+]([O-])CC2. The van der Waals surface area contributed by atoms with Crippen LogP contribution < -0.4 is 10.2 Å². The van der Waals surface area contributed by atoms with E-state index in [-0.39, 0.29) is 0 Å². The Kier molecular flexibility index (Phi) is 6.41. The minimum absolute atomic E-state index is 0.509. The molecule has 0 amide bonds. The van der Waals surface area contributed by atoms with Crippen molar-refractivity contribution >= 4 is 22.9 Å². The molecule has 1 aromatic heterocycles. The summed E-state index contributed by atoms with van der Waals surface area (Å²) in [5.74, 6) is 3.42. The number of hydrogen-bond acceptors (Lipinski definition) is 6. The summed E-state index contributed by atoms with van der Waals surface area (Å²) in [7, 11) is 2.05. The largest absolute Gasteiger partial charge is 0.611 e. The molecule has 0 aromatic carbocycles. The lowest BCUT2D eigenvalue weighted by Gasteiger charge is -2.25. The second-order valence-electron chi connectivity index (χ2n) is 7.49. The van der Waals surface area contributed by atoms with Crippen molar-refractivity contribution in [2.24, 2.45) is 11.8 Å². The van der Waals surface area contributed by atoms with Crippen LogP contribution in [0.1, 0.15) is 38.8 Å². The molecule has 2 aliphatic heterocycles. The van der Waals surface area contributed by atoms with Crippen molar-refractivity contribution in [1.29, 1.82) is 0 Å². The van der Waals surface area contributed by atoms with Crippen molar-refractivity contribution in [2.45, 2.75) is 44.4 Å². The number of nitrogens with zero attached hydrogens (tertiary/aromatic N) is 3. The van der Waals surface area contributed by atoms with E-state index in [1.807, 2.05) is 0 Å².